The van der Waals surface area contributed by atoms with E-state index >= 15 is 4.39 Å². The van der Waals surface area contributed by atoms with Gasteiger partial charge in [-0.05, 0) is 42.1 Å². The summed E-state index contributed by atoms with van der Waals surface area (Å²) in [5, 5.41) is 10.0. The number of alkyl halides is 2. The first-order valence-electron chi connectivity index (χ1n) is 15.2. The minimum Gasteiger partial charge on any atom is -0.490 e. The number of thiophene rings is 1. The van der Waals surface area contributed by atoms with Gasteiger partial charge in [-0.25, -0.2) is 13.8 Å². The number of carbonyl (C=O) groups is 1. The number of benzene rings is 1. The molecule has 0 saturated heterocycles. The number of nitrogens with one attached hydrogen (secondary N) is 1. The van der Waals surface area contributed by atoms with Crippen LogP contribution in [0.5, 0.6) is 5.75 Å². The van der Waals surface area contributed by atoms with Crippen molar-refractivity contribution in [2.24, 2.45) is 0 Å². The quantitative estimate of drug-likeness (QED) is 0.114. The number of halogens is 4. The smallest absolute Gasteiger partial charge is 0.302 e. The third-order valence-electron chi connectivity index (χ3n) is 8.63. The van der Waals surface area contributed by atoms with E-state index in [2.05, 4.69) is 16.9 Å². The van der Waals surface area contributed by atoms with Crippen molar-refractivity contribution in [1.82, 2.24) is 30.0 Å². The van der Waals surface area contributed by atoms with Gasteiger partial charge in [0.2, 0.25) is 5.91 Å². The van der Waals surface area contributed by atoms with Crippen molar-refractivity contribution in [3.63, 3.8) is 0 Å². The second kappa shape index (κ2) is 12.4. The third kappa shape index (κ3) is 5.43. The Morgan fingerprint density at radius 2 is 2.00 bits per heavy atom. The summed E-state index contributed by atoms with van der Waals surface area (Å²) in [5.41, 5.74) is 2.66. The monoisotopic (exact) mass is 678 g/mol. The summed E-state index contributed by atoms with van der Waals surface area (Å²) in [4.78, 5) is 23.5. The molecule has 14 heteroatoms. The maximum atomic E-state index is 16.0. The van der Waals surface area contributed by atoms with Crippen molar-refractivity contribution in [2.75, 3.05) is 33.4 Å². The molecular formula is C34H30F4N6O3S. The maximum Gasteiger partial charge on any atom is 0.302 e. The van der Waals surface area contributed by atoms with Gasteiger partial charge in [-0.3, -0.25) is 14.5 Å². The average Bonchev–Trinajstić information content (AvgIpc) is 3.72. The first-order valence-corrected chi connectivity index (χ1v) is 16.1. The standard InChI is InChI=1S/C34H30F4N6O3S/c1-4-27(45)43-6-7-44-25(18(43)2)14-24(42-44)31-29(28-23(36)12-21(35)13-26(28)47-9-8-46-3)32-22(5-10-48-32)30(41-31)19-11-20-15-39-17-34(37,38)33(20)40-16-19/h4-5,10-14,16,18,39H,1,6-9,15,17H2,2-3H3. The summed E-state index contributed by atoms with van der Waals surface area (Å²) in [6.45, 7) is 6.21. The number of methoxy groups -OCH3 is 1. The number of hydrogen-bond acceptors (Lipinski definition) is 8. The van der Waals surface area contributed by atoms with E-state index in [1.807, 2.05) is 18.4 Å². The predicted octanol–water partition coefficient (Wildman–Crippen LogP) is 6.48. The van der Waals surface area contributed by atoms with E-state index in [1.165, 1.54) is 30.7 Å². The summed E-state index contributed by atoms with van der Waals surface area (Å²) >= 11 is 1.32. The predicted molar refractivity (Wildman–Crippen MR) is 173 cm³/mol. The molecule has 0 saturated carbocycles. The molecule has 9 nitrogen and oxygen atoms in total. The minimum absolute atomic E-state index is 0.0103. The zero-order valence-corrected chi connectivity index (χ0v) is 26.8. The summed E-state index contributed by atoms with van der Waals surface area (Å²) in [5.74, 6) is -5.07. The van der Waals surface area contributed by atoms with Crippen LogP contribution in [-0.2, 0) is 28.5 Å². The number of ether oxygens (including phenoxy) is 2. The first kappa shape index (κ1) is 31.9. The van der Waals surface area contributed by atoms with Crippen LogP contribution >= 0.6 is 11.3 Å². The molecule has 0 aliphatic carbocycles. The van der Waals surface area contributed by atoms with Crippen molar-refractivity contribution < 1.29 is 31.8 Å². The van der Waals surface area contributed by atoms with E-state index in [-0.39, 0.29) is 54.4 Å². The molecule has 0 fully saturated rings. The number of carbonyl (C=O) groups excluding carboxylic acids is 1. The van der Waals surface area contributed by atoms with Crippen LogP contribution in [0.4, 0.5) is 17.6 Å². The summed E-state index contributed by atoms with van der Waals surface area (Å²) in [6, 6.07) is 6.80. The fourth-order valence-electron chi connectivity index (χ4n) is 6.38. The zero-order valence-electron chi connectivity index (χ0n) is 26.0. The number of nitrogens with zero attached hydrogens (tertiary/aromatic N) is 5. The van der Waals surface area contributed by atoms with Gasteiger partial charge in [-0.1, -0.05) is 6.58 Å². The number of rotatable bonds is 8. The van der Waals surface area contributed by atoms with Crippen LogP contribution in [0.15, 0.2) is 54.6 Å². The molecule has 0 radical (unpaired) electrons. The lowest BCUT2D eigenvalue weighted by Gasteiger charge is -2.33. The van der Waals surface area contributed by atoms with Gasteiger partial charge in [0.05, 0.1) is 42.7 Å². The number of pyridine rings is 2. The molecule has 6 heterocycles. The highest BCUT2D eigenvalue weighted by molar-refractivity contribution is 7.18. The molecule has 4 aromatic heterocycles. The van der Waals surface area contributed by atoms with Crippen molar-refractivity contribution in [2.45, 2.75) is 32.0 Å². The van der Waals surface area contributed by atoms with Gasteiger partial charge < -0.3 is 19.7 Å². The third-order valence-corrected chi connectivity index (χ3v) is 9.56. The van der Waals surface area contributed by atoms with Gasteiger partial charge in [0.1, 0.15) is 41.1 Å². The van der Waals surface area contributed by atoms with E-state index in [0.29, 0.717) is 51.3 Å². The van der Waals surface area contributed by atoms with Crippen LogP contribution in [0.2, 0.25) is 0 Å². The van der Waals surface area contributed by atoms with Gasteiger partial charge in [-0.2, -0.15) is 13.9 Å². The van der Waals surface area contributed by atoms with Crippen LogP contribution in [-0.4, -0.2) is 64.0 Å². The lowest BCUT2D eigenvalue weighted by atomic mass is 9.95. The molecule has 1 aromatic carbocycles. The molecule has 7 rings (SSSR count). The van der Waals surface area contributed by atoms with E-state index in [0.717, 1.165) is 17.8 Å². The van der Waals surface area contributed by atoms with E-state index in [9.17, 15) is 18.0 Å². The normalized spacial score (nSPS) is 16.9. The molecule has 0 spiro atoms. The van der Waals surface area contributed by atoms with Crippen LogP contribution in [0.25, 0.3) is 43.9 Å². The minimum atomic E-state index is -3.13. The number of fused-ring (bicyclic) bond motifs is 3. The Morgan fingerprint density at radius 1 is 1.17 bits per heavy atom. The second-order valence-electron chi connectivity index (χ2n) is 11.6. The Balaban J connectivity index is 1.49. The Kier molecular flexibility index (Phi) is 8.26. The van der Waals surface area contributed by atoms with Gasteiger partial charge >= 0.3 is 5.92 Å². The highest BCUT2D eigenvalue weighted by Crippen LogP contribution is 2.47. The van der Waals surface area contributed by atoms with Crippen LogP contribution in [0.1, 0.15) is 29.9 Å². The molecule has 2 aliphatic rings. The summed E-state index contributed by atoms with van der Waals surface area (Å²) in [7, 11) is 1.49. The molecule has 5 aromatic rings. The Labute approximate surface area is 276 Å². The number of amides is 1. The molecule has 248 valence electrons. The fourth-order valence-corrected chi connectivity index (χ4v) is 7.33. The van der Waals surface area contributed by atoms with Crippen LogP contribution < -0.4 is 10.1 Å². The first-order chi connectivity index (χ1) is 23.1. The zero-order chi connectivity index (χ0) is 33.7. The molecule has 2 aliphatic heterocycles. The van der Waals surface area contributed by atoms with E-state index in [1.54, 1.807) is 21.7 Å². The van der Waals surface area contributed by atoms with E-state index < -0.39 is 24.1 Å². The summed E-state index contributed by atoms with van der Waals surface area (Å²) < 4.78 is 73.3. The molecule has 1 unspecified atom stereocenters. The van der Waals surface area contributed by atoms with Crippen molar-refractivity contribution in [3.8, 4) is 39.5 Å². The molecule has 1 N–H and O–H groups in total. The SMILES string of the molecule is C=CC(=O)N1CCn2nc(-c3nc(-c4cnc5c(c4)CNCC5(F)F)c4ccsc4c3-c3c(F)cc(F)cc3OCCOC)cc2C1C. The lowest BCUT2D eigenvalue weighted by Crippen LogP contribution is -2.40. The van der Waals surface area contributed by atoms with Gasteiger partial charge in [0, 0.05) is 59.7 Å². The fraction of sp³-hybridized carbons (Fsp3) is 0.294. The Bertz CT molecular complexity index is 2080. The highest BCUT2D eigenvalue weighted by atomic mass is 32.1. The highest BCUT2D eigenvalue weighted by Gasteiger charge is 2.39. The van der Waals surface area contributed by atoms with Gasteiger partial charge in [0.15, 0.2) is 0 Å². The number of hydrogen-bond donors (Lipinski definition) is 1. The molecule has 48 heavy (non-hydrogen) atoms. The largest absolute Gasteiger partial charge is 0.490 e. The summed E-state index contributed by atoms with van der Waals surface area (Å²) in [6.07, 6.45) is 2.64. The van der Waals surface area contributed by atoms with Crippen molar-refractivity contribution in [3.05, 3.63) is 83.1 Å². The molecular weight excluding hydrogens is 648 g/mol. The van der Waals surface area contributed by atoms with Gasteiger partial charge in [-0.15, -0.1) is 11.3 Å². The van der Waals surface area contributed by atoms with Crippen molar-refractivity contribution >= 4 is 27.3 Å². The lowest BCUT2D eigenvalue weighted by molar-refractivity contribution is -0.129. The van der Waals surface area contributed by atoms with E-state index in [4.69, 9.17) is 19.6 Å². The van der Waals surface area contributed by atoms with Crippen molar-refractivity contribution in [1.29, 1.82) is 0 Å². The topological polar surface area (TPSA) is 94.4 Å². The number of aromatic nitrogens is 4. The van der Waals surface area contributed by atoms with Crippen LogP contribution in [0, 0.1) is 11.6 Å². The second-order valence-corrected chi connectivity index (χ2v) is 12.5. The van der Waals surface area contributed by atoms with Crippen LogP contribution in [0.3, 0.4) is 0 Å². The average molecular weight is 679 g/mol. The molecule has 1 amide bonds. The molecule has 1 atom stereocenters. The molecule has 0 bridgehead atoms. The Morgan fingerprint density at radius 3 is 2.79 bits per heavy atom. The maximum absolute atomic E-state index is 16.0. The van der Waals surface area contributed by atoms with Gasteiger partial charge in [0.25, 0.3) is 0 Å². The Hall–Kier alpha value is -4.66.